The maximum absolute atomic E-state index is 14.4. The largest absolute Gasteiger partial charge is 0.507 e. The second-order valence-electron chi connectivity index (χ2n) is 13.6. The Kier molecular flexibility index (Phi) is 12.7. The number of phenolic OH excluding ortho intramolecular Hbond substituents is 2. The van der Waals surface area contributed by atoms with Gasteiger partial charge in [-0.15, -0.1) is 0 Å². The molecule has 22 heteroatoms. The number of fused-ring (bicyclic) bond motifs is 1. The standard InChI is InChI=1S/C35H44O22/c1-10-19(39)23(43)26(46)33(52-10)51-9-17-21(41)25(45)28(48)35(55-17)57-32-22(42)18-13(38)7-15(53-34-27(47)24(44)20(40)16(8-36)54-34)30(50-3)31(18)56-29(32)11-4-5-12(37)14(6-11)49-2/h4-7,10,16-17,19-21,23-28,33-41,43-48H,8-9H2,1-3H3/t10?,16?,17?,19-,20+,21+,23?,24-,25-,26-,27?,28?,33+,34+,35-/m0/s1. The Labute approximate surface area is 321 Å². The van der Waals surface area contributed by atoms with Gasteiger partial charge >= 0.3 is 0 Å². The summed E-state index contributed by atoms with van der Waals surface area (Å²) in [6.45, 7) is -0.0346. The van der Waals surface area contributed by atoms with Crippen LogP contribution in [0.3, 0.4) is 0 Å². The van der Waals surface area contributed by atoms with E-state index in [4.69, 9.17) is 42.3 Å². The molecule has 3 aromatic rings. The van der Waals surface area contributed by atoms with Gasteiger partial charge in [-0.3, -0.25) is 4.79 Å². The van der Waals surface area contributed by atoms with Crippen molar-refractivity contribution in [2.75, 3.05) is 27.4 Å². The number of hydrogen-bond donors (Lipinski definition) is 12. The Bertz CT molecular complexity index is 1940. The maximum atomic E-state index is 14.4. The summed E-state index contributed by atoms with van der Waals surface area (Å²) in [5.41, 5.74) is -1.67. The van der Waals surface area contributed by atoms with Gasteiger partial charge in [0.25, 0.3) is 0 Å². The van der Waals surface area contributed by atoms with Gasteiger partial charge in [-0.2, -0.15) is 0 Å². The maximum Gasteiger partial charge on any atom is 0.239 e. The summed E-state index contributed by atoms with van der Waals surface area (Å²) in [4.78, 5) is 14.4. The fraction of sp³-hybridized carbons (Fsp3) is 0.571. The first kappa shape index (κ1) is 42.5. The minimum absolute atomic E-state index is 0.0236. The van der Waals surface area contributed by atoms with Gasteiger partial charge in [-0.05, 0) is 25.1 Å². The third kappa shape index (κ3) is 7.90. The van der Waals surface area contributed by atoms with Crippen LogP contribution >= 0.6 is 0 Å². The van der Waals surface area contributed by atoms with Crippen molar-refractivity contribution in [1.29, 1.82) is 0 Å². The van der Waals surface area contributed by atoms with E-state index in [0.29, 0.717) is 0 Å². The summed E-state index contributed by atoms with van der Waals surface area (Å²) in [5.74, 6) is -3.33. The van der Waals surface area contributed by atoms with E-state index < -0.39 is 145 Å². The van der Waals surface area contributed by atoms with Crippen molar-refractivity contribution in [3.63, 3.8) is 0 Å². The SMILES string of the molecule is COc1cc(-c2oc3c(OC)c(O[C@@H]4OC(CO)[C@@H](O)[C@H](O)C4O)cc(O)c3c(=O)c2O[C@@H]2OC(CO[C@@H]3OC(C)[C@H](O)C(O)[C@@H]3O)[C@@H](O)[C@H](O)C2O)ccc1O. The monoisotopic (exact) mass is 816 g/mol. The molecule has 316 valence electrons. The lowest BCUT2D eigenvalue weighted by Crippen LogP contribution is -2.61. The van der Waals surface area contributed by atoms with E-state index >= 15 is 0 Å². The fourth-order valence-electron chi connectivity index (χ4n) is 6.58. The Morgan fingerprint density at radius 2 is 1.23 bits per heavy atom. The Hall–Kier alpha value is -4.11. The number of aliphatic hydroxyl groups is 10. The molecule has 6 unspecified atom stereocenters. The summed E-state index contributed by atoms with van der Waals surface area (Å²) < 4.78 is 50.4. The zero-order valence-electron chi connectivity index (χ0n) is 30.3. The molecule has 0 radical (unpaired) electrons. The quantitative estimate of drug-likeness (QED) is 0.0880. The Morgan fingerprint density at radius 3 is 1.86 bits per heavy atom. The predicted molar refractivity (Wildman–Crippen MR) is 184 cm³/mol. The number of rotatable bonds is 11. The van der Waals surface area contributed by atoms with E-state index in [1.807, 2.05) is 0 Å². The second-order valence-corrected chi connectivity index (χ2v) is 13.6. The third-order valence-corrected chi connectivity index (χ3v) is 9.90. The number of phenols is 2. The molecule has 3 aliphatic rings. The molecular formula is C35H44O22. The van der Waals surface area contributed by atoms with Crippen molar-refractivity contribution < 1.29 is 104 Å². The molecule has 4 heterocycles. The summed E-state index contributed by atoms with van der Waals surface area (Å²) >= 11 is 0. The lowest BCUT2D eigenvalue weighted by molar-refractivity contribution is -0.318. The van der Waals surface area contributed by atoms with Crippen molar-refractivity contribution in [2.24, 2.45) is 0 Å². The second kappa shape index (κ2) is 17.0. The lowest BCUT2D eigenvalue weighted by Gasteiger charge is -2.42. The molecule has 3 fully saturated rings. The van der Waals surface area contributed by atoms with Crippen molar-refractivity contribution in [1.82, 2.24) is 0 Å². The third-order valence-electron chi connectivity index (χ3n) is 9.90. The Morgan fingerprint density at radius 1 is 0.632 bits per heavy atom. The highest BCUT2D eigenvalue weighted by Crippen LogP contribution is 2.45. The summed E-state index contributed by atoms with van der Waals surface area (Å²) in [5, 5.41) is 125. The number of aliphatic hydroxyl groups excluding tert-OH is 10. The first-order valence-electron chi connectivity index (χ1n) is 17.5. The summed E-state index contributed by atoms with van der Waals surface area (Å²) in [7, 11) is 2.36. The number of aromatic hydroxyl groups is 2. The van der Waals surface area contributed by atoms with Crippen molar-refractivity contribution in [3.8, 4) is 45.8 Å². The van der Waals surface area contributed by atoms with Crippen LogP contribution in [0.1, 0.15) is 6.92 Å². The molecule has 0 bridgehead atoms. The van der Waals surface area contributed by atoms with Gasteiger partial charge in [0.15, 0.2) is 34.9 Å². The molecule has 0 saturated carbocycles. The van der Waals surface area contributed by atoms with E-state index in [2.05, 4.69) is 0 Å². The molecule has 22 nitrogen and oxygen atoms in total. The van der Waals surface area contributed by atoms with Crippen LogP contribution in [0.2, 0.25) is 0 Å². The Balaban J connectivity index is 1.40. The smallest absolute Gasteiger partial charge is 0.239 e. The molecule has 0 aliphatic carbocycles. The van der Waals surface area contributed by atoms with Crippen molar-refractivity contribution >= 4 is 11.0 Å². The molecule has 15 atom stereocenters. The van der Waals surface area contributed by atoms with Crippen LogP contribution in [0, 0.1) is 0 Å². The lowest BCUT2D eigenvalue weighted by atomic mass is 9.98. The molecular weight excluding hydrogens is 772 g/mol. The normalized spacial score (nSPS) is 35.8. The van der Waals surface area contributed by atoms with Gasteiger partial charge < -0.3 is 104 Å². The van der Waals surface area contributed by atoms with Crippen LogP contribution in [-0.2, 0) is 18.9 Å². The summed E-state index contributed by atoms with van der Waals surface area (Å²) in [6.07, 6.45) is -25.4. The van der Waals surface area contributed by atoms with Crippen LogP contribution in [0.4, 0.5) is 0 Å². The molecule has 6 rings (SSSR count). The first-order chi connectivity index (χ1) is 27.0. The van der Waals surface area contributed by atoms with E-state index in [0.717, 1.165) is 13.2 Å². The van der Waals surface area contributed by atoms with Crippen LogP contribution in [0.25, 0.3) is 22.3 Å². The molecule has 0 amide bonds. The van der Waals surface area contributed by atoms with Gasteiger partial charge in [0, 0.05) is 11.6 Å². The van der Waals surface area contributed by atoms with E-state index in [1.54, 1.807) is 0 Å². The van der Waals surface area contributed by atoms with Gasteiger partial charge in [-0.1, -0.05) is 0 Å². The number of benzene rings is 2. The fourth-order valence-corrected chi connectivity index (χ4v) is 6.58. The van der Waals surface area contributed by atoms with Crippen molar-refractivity contribution in [2.45, 2.75) is 99.0 Å². The topological polar surface area (TPSA) is 347 Å². The van der Waals surface area contributed by atoms with Crippen LogP contribution < -0.4 is 24.4 Å². The highest BCUT2D eigenvalue weighted by Gasteiger charge is 2.49. The minimum Gasteiger partial charge on any atom is -0.507 e. The number of hydrogen-bond acceptors (Lipinski definition) is 22. The zero-order chi connectivity index (χ0) is 41.6. The first-order valence-corrected chi connectivity index (χ1v) is 17.5. The average Bonchev–Trinajstić information content (AvgIpc) is 3.19. The van der Waals surface area contributed by atoms with E-state index in [-0.39, 0.29) is 22.8 Å². The number of ether oxygens (including phenoxy) is 8. The molecule has 57 heavy (non-hydrogen) atoms. The molecule has 1 aromatic heterocycles. The van der Waals surface area contributed by atoms with Gasteiger partial charge in [0.05, 0.1) is 33.5 Å². The molecule has 3 aliphatic heterocycles. The van der Waals surface area contributed by atoms with E-state index in [1.165, 1.54) is 32.2 Å². The van der Waals surface area contributed by atoms with Gasteiger partial charge in [0.1, 0.15) is 78.3 Å². The minimum atomic E-state index is -2.06. The molecule has 12 N–H and O–H groups in total. The van der Waals surface area contributed by atoms with Crippen LogP contribution in [-0.4, -0.2) is 181 Å². The van der Waals surface area contributed by atoms with Crippen LogP contribution in [0.5, 0.6) is 34.5 Å². The molecule has 0 spiro atoms. The molecule has 3 saturated heterocycles. The highest BCUT2D eigenvalue weighted by atomic mass is 16.7. The average molecular weight is 817 g/mol. The van der Waals surface area contributed by atoms with Crippen molar-refractivity contribution in [3.05, 3.63) is 34.5 Å². The van der Waals surface area contributed by atoms with Crippen LogP contribution in [0.15, 0.2) is 33.5 Å². The predicted octanol–water partition coefficient (Wildman–Crippen LogP) is -3.90. The van der Waals surface area contributed by atoms with E-state index in [9.17, 15) is 66.1 Å². The van der Waals surface area contributed by atoms with Gasteiger partial charge in [-0.25, -0.2) is 0 Å². The zero-order valence-corrected chi connectivity index (χ0v) is 30.3. The summed E-state index contributed by atoms with van der Waals surface area (Å²) in [6, 6.07) is 4.53. The van der Waals surface area contributed by atoms with Gasteiger partial charge in [0.2, 0.25) is 29.5 Å². The highest BCUT2D eigenvalue weighted by molar-refractivity contribution is 5.93. The number of methoxy groups -OCH3 is 2. The molecule has 2 aromatic carbocycles.